The van der Waals surface area contributed by atoms with Crippen molar-refractivity contribution in [3.8, 4) is 0 Å². The number of carbonyl (C=O) groups is 4. The van der Waals surface area contributed by atoms with Gasteiger partial charge in [-0.15, -0.1) is 0 Å². The average molecular weight is 352 g/mol. The number of para-hydroxylation sites is 1. The van der Waals surface area contributed by atoms with Crippen LogP contribution in [-0.2, 0) is 19.1 Å². The zero-order valence-corrected chi connectivity index (χ0v) is 13.8. The summed E-state index contributed by atoms with van der Waals surface area (Å²) in [5.41, 5.74) is 1.07. The van der Waals surface area contributed by atoms with Crippen LogP contribution in [0.2, 0.25) is 0 Å². The van der Waals surface area contributed by atoms with Crippen LogP contribution in [0, 0.1) is 0 Å². The summed E-state index contributed by atoms with van der Waals surface area (Å²) in [6, 6.07) is 14.8. The number of imide groups is 1. The highest BCUT2D eigenvalue weighted by Gasteiger charge is 2.30. The van der Waals surface area contributed by atoms with Crippen LogP contribution in [0.3, 0.4) is 0 Å². The van der Waals surface area contributed by atoms with Gasteiger partial charge in [-0.3, -0.25) is 19.3 Å². The molecule has 1 aliphatic heterocycles. The van der Waals surface area contributed by atoms with E-state index in [-0.39, 0.29) is 30.2 Å². The number of amides is 3. The highest BCUT2D eigenvalue weighted by molar-refractivity contribution is 6.20. The quantitative estimate of drug-likeness (QED) is 0.657. The summed E-state index contributed by atoms with van der Waals surface area (Å²) in [4.78, 5) is 48.6. The number of anilines is 2. The highest BCUT2D eigenvalue weighted by atomic mass is 16.5. The predicted octanol–water partition coefficient (Wildman–Crippen LogP) is 2.14. The molecule has 1 fully saturated rings. The zero-order chi connectivity index (χ0) is 18.5. The topological polar surface area (TPSA) is 92.8 Å². The van der Waals surface area contributed by atoms with Crippen molar-refractivity contribution < 1.29 is 23.9 Å². The Balaban J connectivity index is 1.61. The lowest BCUT2D eigenvalue weighted by molar-refractivity contribution is -0.121. The number of esters is 1. The molecule has 0 aromatic heterocycles. The molecule has 1 heterocycles. The third-order valence-electron chi connectivity index (χ3n) is 3.78. The first-order valence-electron chi connectivity index (χ1n) is 8.02. The molecule has 2 aromatic rings. The molecule has 1 saturated heterocycles. The second kappa shape index (κ2) is 7.60. The van der Waals surface area contributed by atoms with Gasteiger partial charge in [0.05, 0.1) is 11.3 Å². The summed E-state index contributed by atoms with van der Waals surface area (Å²) in [5.74, 6) is -1.79. The normalized spacial score (nSPS) is 13.6. The molecule has 26 heavy (non-hydrogen) atoms. The maximum absolute atomic E-state index is 12.1. The van der Waals surface area contributed by atoms with Gasteiger partial charge in [-0.2, -0.15) is 0 Å². The Morgan fingerprint density at radius 3 is 2.35 bits per heavy atom. The summed E-state index contributed by atoms with van der Waals surface area (Å²) in [7, 11) is 0. The largest absolute Gasteiger partial charge is 0.452 e. The zero-order valence-electron chi connectivity index (χ0n) is 13.8. The van der Waals surface area contributed by atoms with Crippen LogP contribution >= 0.6 is 0 Å². The standard InChI is InChI=1S/C19H16N2O5/c22-16(20-14-6-2-1-3-7-14)12-26-19(25)13-5-4-8-15(11-13)21-17(23)9-10-18(21)24/h1-8,11H,9-10,12H2,(H,20,22). The first kappa shape index (κ1) is 17.3. The van der Waals surface area contributed by atoms with Crippen molar-refractivity contribution in [2.24, 2.45) is 0 Å². The van der Waals surface area contributed by atoms with Crippen molar-refractivity contribution >= 4 is 35.1 Å². The van der Waals surface area contributed by atoms with Gasteiger partial charge in [-0.05, 0) is 30.3 Å². The van der Waals surface area contributed by atoms with Crippen molar-refractivity contribution in [3.63, 3.8) is 0 Å². The number of nitrogens with zero attached hydrogens (tertiary/aromatic N) is 1. The Kier molecular flexibility index (Phi) is 5.07. The first-order chi connectivity index (χ1) is 12.5. The van der Waals surface area contributed by atoms with Crippen molar-refractivity contribution in [3.05, 3.63) is 60.2 Å². The number of carbonyl (C=O) groups excluding carboxylic acids is 4. The van der Waals surface area contributed by atoms with Gasteiger partial charge < -0.3 is 10.1 Å². The van der Waals surface area contributed by atoms with Gasteiger partial charge in [0, 0.05) is 18.5 Å². The number of nitrogens with one attached hydrogen (secondary N) is 1. The number of hydrogen-bond donors (Lipinski definition) is 1. The number of benzene rings is 2. The lowest BCUT2D eigenvalue weighted by Gasteiger charge is -2.14. The average Bonchev–Trinajstić information content (AvgIpc) is 2.99. The lowest BCUT2D eigenvalue weighted by Crippen LogP contribution is -2.28. The Morgan fingerprint density at radius 2 is 1.65 bits per heavy atom. The van der Waals surface area contributed by atoms with Gasteiger partial charge in [0.25, 0.3) is 5.91 Å². The predicted molar refractivity (Wildman–Crippen MR) is 93.5 cm³/mol. The second-order valence-corrected chi connectivity index (χ2v) is 5.66. The summed E-state index contributed by atoms with van der Waals surface area (Å²) in [5, 5.41) is 2.60. The summed E-state index contributed by atoms with van der Waals surface area (Å²) in [6.07, 6.45) is 0.320. The lowest BCUT2D eigenvalue weighted by atomic mass is 10.2. The van der Waals surface area contributed by atoms with Gasteiger partial charge in [-0.1, -0.05) is 24.3 Å². The fraction of sp³-hybridized carbons (Fsp3) is 0.158. The van der Waals surface area contributed by atoms with Crippen molar-refractivity contribution in [1.82, 2.24) is 0 Å². The summed E-state index contributed by atoms with van der Waals surface area (Å²) >= 11 is 0. The fourth-order valence-corrected chi connectivity index (χ4v) is 2.57. The molecule has 0 bridgehead atoms. The molecule has 1 aliphatic rings. The van der Waals surface area contributed by atoms with Crippen molar-refractivity contribution in [2.45, 2.75) is 12.8 Å². The van der Waals surface area contributed by atoms with E-state index >= 15 is 0 Å². The van der Waals surface area contributed by atoms with Crippen LogP contribution < -0.4 is 10.2 Å². The minimum atomic E-state index is -0.714. The molecule has 7 heteroatoms. The number of hydrogen-bond acceptors (Lipinski definition) is 5. The molecule has 0 saturated carbocycles. The van der Waals surface area contributed by atoms with Gasteiger partial charge in [0.1, 0.15) is 0 Å². The minimum absolute atomic E-state index is 0.155. The first-order valence-corrected chi connectivity index (χ1v) is 8.02. The van der Waals surface area contributed by atoms with E-state index in [0.717, 1.165) is 4.90 Å². The third kappa shape index (κ3) is 3.94. The van der Waals surface area contributed by atoms with Crippen LogP contribution in [0.4, 0.5) is 11.4 Å². The van der Waals surface area contributed by atoms with Gasteiger partial charge in [0.2, 0.25) is 11.8 Å². The van der Waals surface area contributed by atoms with E-state index in [1.54, 1.807) is 36.4 Å². The van der Waals surface area contributed by atoms with Gasteiger partial charge in [-0.25, -0.2) is 4.79 Å². The van der Waals surface area contributed by atoms with Crippen LogP contribution in [0.5, 0.6) is 0 Å². The van der Waals surface area contributed by atoms with E-state index in [0.29, 0.717) is 11.4 Å². The maximum atomic E-state index is 12.1. The van der Waals surface area contributed by atoms with E-state index in [1.165, 1.54) is 12.1 Å². The van der Waals surface area contributed by atoms with Crippen LogP contribution in [0.1, 0.15) is 23.2 Å². The second-order valence-electron chi connectivity index (χ2n) is 5.66. The van der Waals surface area contributed by atoms with E-state index in [2.05, 4.69) is 5.32 Å². The van der Waals surface area contributed by atoms with Crippen LogP contribution in [-0.4, -0.2) is 30.3 Å². The van der Waals surface area contributed by atoms with Crippen LogP contribution in [0.25, 0.3) is 0 Å². The summed E-state index contributed by atoms with van der Waals surface area (Å²) < 4.78 is 4.99. The summed E-state index contributed by atoms with van der Waals surface area (Å²) in [6.45, 7) is -0.445. The molecular formula is C19H16N2O5. The smallest absolute Gasteiger partial charge is 0.338 e. The monoisotopic (exact) mass is 352 g/mol. The molecule has 0 atom stereocenters. The highest BCUT2D eigenvalue weighted by Crippen LogP contribution is 2.23. The molecule has 2 aromatic carbocycles. The molecule has 0 spiro atoms. The Bertz CT molecular complexity index is 847. The molecule has 132 valence electrons. The molecule has 3 amide bonds. The van der Waals surface area contributed by atoms with Crippen molar-refractivity contribution in [1.29, 1.82) is 0 Å². The van der Waals surface area contributed by atoms with Gasteiger partial charge in [0.15, 0.2) is 6.61 Å². The molecule has 0 aliphatic carbocycles. The molecule has 3 rings (SSSR count). The molecular weight excluding hydrogens is 336 g/mol. The Hall–Kier alpha value is -3.48. The fourth-order valence-electron chi connectivity index (χ4n) is 2.57. The number of ether oxygens (including phenoxy) is 1. The van der Waals surface area contributed by atoms with E-state index in [4.69, 9.17) is 4.74 Å². The molecule has 0 unspecified atom stereocenters. The third-order valence-corrected chi connectivity index (χ3v) is 3.78. The molecule has 0 radical (unpaired) electrons. The molecule has 7 nitrogen and oxygen atoms in total. The van der Waals surface area contributed by atoms with Crippen LogP contribution in [0.15, 0.2) is 54.6 Å². The minimum Gasteiger partial charge on any atom is -0.452 e. The van der Waals surface area contributed by atoms with Gasteiger partial charge >= 0.3 is 5.97 Å². The number of rotatable bonds is 5. The van der Waals surface area contributed by atoms with E-state index in [9.17, 15) is 19.2 Å². The van der Waals surface area contributed by atoms with Crippen molar-refractivity contribution in [2.75, 3.05) is 16.8 Å². The Morgan fingerprint density at radius 1 is 0.962 bits per heavy atom. The Labute approximate surface area is 149 Å². The molecule has 1 N–H and O–H groups in total. The van der Waals surface area contributed by atoms with E-state index < -0.39 is 18.5 Å². The van der Waals surface area contributed by atoms with E-state index in [1.807, 2.05) is 6.07 Å². The maximum Gasteiger partial charge on any atom is 0.338 e. The SMILES string of the molecule is O=C(COC(=O)c1cccc(N2C(=O)CCC2=O)c1)Nc1ccccc1.